The fourth-order valence-corrected chi connectivity index (χ4v) is 2.51. The fourth-order valence-electron chi connectivity index (χ4n) is 2.51. The van der Waals surface area contributed by atoms with Crippen LogP contribution in [0, 0.1) is 0 Å². The summed E-state index contributed by atoms with van der Waals surface area (Å²) in [5.74, 6) is -0.940. The Morgan fingerprint density at radius 2 is 2.19 bits per heavy atom. The molecule has 0 fully saturated rings. The maximum atomic E-state index is 10.4. The van der Waals surface area contributed by atoms with Crippen molar-refractivity contribution in [3.63, 3.8) is 0 Å². The van der Waals surface area contributed by atoms with Gasteiger partial charge in [-0.2, -0.15) is 0 Å². The second-order valence-electron chi connectivity index (χ2n) is 5.62. The highest BCUT2D eigenvalue weighted by Crippen LogP contribution is 2.29. The van der Waals surface area contributed by atoms with Crippen LogP contribution in [0.5, 0.6) is 0 Å². The predicted molar refractivity (Wildman–Crippen MR) is 103 cm³/mol. The van der Waals surface area contributed by atoms with Gasteiger partial charge in [-0.1, -0.05) is 37.0 Å². The van der Waals surface area contributed by atoms with Crippen LogP contribution in [-0.2, 0) is 4.79 Å². The van der Waals surface area contributed by atoms with Crippen molar-refractivity contribution in [2.45, 2.75) is 6.42 Å². The summed E-state index contributed by atoms with van der Waals surface area (Å²) < 4.78 is 5.16. The number of carbonyl (C=O) groups is 1. The lowest BCUT2D eigenvalue weighted by Gasteiger charge is -2.01. The largest absolute Gasteiger partial charge is 0.478 e. The van der Waals surface area contributed by atoms with Crippen molar-refractivity contribution in [2.24, 2.45) is 0 Å². The van der Waals surface area contributed by atoms with Crippen molar-refractivity contribution in [3.8, 4) is 11.1 Å². The Bertz CT molecular complexity index is 1010. The van der Waals surface area contributed by atoms with Crippen LogP contribution in [0.2, 0.25) is 0 Å². The molecule has 130 valence electrons. The molecule has 3 rings (SSSR count). The van der Waals surface area contributed by atoms with Gasteiger partial charge in [0.2, 0.25) is 0 Å². The quantitative estimate of drug-likeness (QED) is 0.467. The van der Waals surface area contributed by atoms with Crippen molar-refractivity contribution in [1.82, 2.24) is 9.97 Å². The molecule has 0 aromatic carbocycles. The number of rotatable bonds is 7. The second-order valence-corrected chi connectivity index (χ2v) is 5.62. The number of carboxylic acid groups (broad SMARTS) is 1. The molecule has 0 atom stereocenters. The summed E-state index contributed by atoms with van der Waals surface area (Å²) in [4.78, 5) is 18.0. The molecule has 26 heavy (non-hydrogen) atoms. The highest BCUT2D eigenvalue weighted by molar-refractivity contribution is 5.95. The van der Waals surface area contributed by atoms with E-state index >= 15 is 0 Å². The molecule has 5 nitrogen and oxygen atoms in total. The number of nitrogens with one attached hydrogen (secondary N) is 1. The van der Waals surface area contributed by atoms with Crippen LogP contribution in [0.3, 0.4) is 0 Å². The number of hydrogen-bond acceptors (Lipinski definition) is 3. The van der Waals surface area contributed by atoms with Crippen molar-refractivity contribution in [1.29, 1.82) is 0 Å². The Morgan fingerprint density at radius 1 is 1.31 bits per heavy atom. The number of aromatic nitrogens is 2. The van der Waals surface area contributed by atoms with Gasteiger partial charge in [0.05, 0.1) is 12.5 Å². The first-order chi connectivity index (χ1) is 12.6. The monoisotopic (exact) mass is 346 g/mol. The normalized spacial score (nSPS) is 12.0. The van der Waals surface area contributed by atoms with E-state index in [1.54, 1.807) is 24.8 Å². The van der Waals surface area contributed by atoms with Gasteiger partial charge in [0.15, 0.2) is 0 Å². The number of hydrogen-bond donors (Lipinski definition) is 2. The Hall–Kier alpha value is -3.60. The highest BCUT2D eigenvalue weighted by Gasteiger charge is 2.09. The van der Waals surface area contributed by atoms with Crippen molar-refractivity contribution < 1.29 is 14.3 Å². The zero-order valence-electron chi connectivity index (χ0n) is 14.1. The lowest BCUT2D eigenvalue weighted by atomic mass is 10.0. The fraction of sp³-hybridized carbons (Fsp3) is 0.0476. The third kappa shape index (κ3) is 4.08. The van der Waals surface area contributed by atoms with Gasteiger partial charge in [-0.25, -0.2) is 9.78 Å². The van der Waals surface area contributed by atoms with Gasteiger partial charge in [0.25, 0.3) is 0 Å². The number of fused-ring (bicyclic) bond motifs is 1. The number of pyridine rings is 1. The van der Waals surface area contributed by atoms with Gasteiger partial charge >= 0.3 is 5.97 Å². The number of carboxylic acids is 1. The maximum absolute atomic E-state index is 10.4. The SMILES string of the molecule is C=C(/C=C\C=C/C/C=C/C(=O)O)c1cnc2[nH]cc(-c3ccoc3)c2c1. The third-order valence-electron chi connectivity index (χ3n) is 3.81. The zero-order valence-corrected chi connectivity index (χ0v) is 14.1. The Kier molecular flexibility index (Phi) is 5.29. The Labute approximate surface area is 150 Å². The lowest BCUT2D eigenvalue weighted by molar-refractivity contribution is -0.131. The van der Waals surface area contributed by atoms with Gasteiger partial charge in [-0.05, 0) is 24.1 Å². The number of furan rings is 1. The average molecular weight is 346 g/mol. The van der Waals surface area contributed by atoms with Gasteiger partial charge < -0.3 is 14.5 Å². The summed E-state index contributed by atoms with van der Waals surface area (Å²) >= 11 is 0. The summed E-state index contributed by atoms with van der Waals surface area (Å²) in [5, 5.41) is 9.51. The highest BCUT2D eigenvalue weighted by atomic mass is 16.4. The summed E-state index contributed by atoms with van der Waals surface area (Å²) in [6.45, 7) is 4.08. The molecule has 0 unspecified atom stereocenters. The van der Waals surface area contributed by atoms with E-state index in [1.807, 2.05) is 42.6 Å². The molecule has 0 aliphatic rings. The average Bonchev–Trinajstić information content (AvgIpc) is 3.28. The predicted octanol–water partition coefficient (Wildman–Crippen LogP) is 4.98. The van der Waals surface area contributed by atoms with Crippen LogP contribution in [0.15, 0.2) is 84.5 Å². The van der Waals surface area contributed by atoms with E-state index < -0.39 is 5.97 Å². The first kappa shape index (κ1) is 17.2. The number of nitrogens with zero attached hydrogens (tertiary/aromatic N) is 1. The molecule has 0 radical (unpaired) electrons. The molecule has 0 saturated carbocycles. The third-order valence-corrected chi connectivity index (χ3v) is 3.81. The van der Waals surface area contributed by atoms with Crippen LogP contribution >= 0.6 is 0 Å². The van der Waals surface area contributed by atoms with Crippen LogP contribution in [0.1, 0.15) is 12.0 Å². The maximum Gasteiger partial charge on any atom is 0.327 e. The van der Waals surface area contributed by atoms with Gasteiger partial charge in [0, 0.05) is 40.5 Å². The molecule has 0 amide bonds. The van der Waals surface area contributed by atoms with Crippen LogP contribution in [0.25, 0.3) is 27.7 Å². The van der Waals surface area contributed by atoms with Gasteiger partial charge in [-0.15, -0.1) is 0 Å². The van der Waals surface area contributed by atoms with E-state index in [0.29, 0.717) is 6.42 Å². The zero-order chi connectivity index (χ0) is 18.4. The molecule has 0 aliphatic carbocycles. The number of H-pyrrole nitrogens is 1. The van der Waals surface area contributed by atoms with Crippen molar-refractivity contribution in [3.05, 3.63) is 85.7 Å². The summed E-state index contributed by atoms with van der Waals surface area (Å²) in [6, 6.07) is 3.96. The van der Waals surface area contributed by atoms with E-state index in [9.17, 15) is 4.79 Å². The molecule has 3 heterocycles. The van der Waals surface area contributed by atoms with E-state index in [4.69, 9.17) is 9.52 Å². The minimum absolute atomic E-state index is 0.564. The molecule has 3 aromatic heterocycles. The van der Waals surface area contributed by atoms with E-state index in [0.717, 1.165) is 39.4 Å². The Balaban J connectivity index is 1.72. The first-order valence-electron chi connectivity index (χ1n) is 8.07. The number of aliphatic carboxylic acids is 1. The molecular formula is C21H18N2O3. The molecule has 2 N–H and O–H groups in total. The topological polar surface area (TPSA) is 79.1 Å². The lowest BCUT2D eigenvalue weighted by Crippen LogP contribution is -1.84. The summed E-state index contributed by atoms with van der Waals surface area (Å²) in [6.07, 6.45) is 17.8. The van der Waals surface area contributed by atoms with Crippen molar-refractivity contribution >= 4 is 22.6 Å². The summed E-state index contributed by atoms with van der Waals surface area (Å²) in [7, 11) is 0. The van der Waals surface area contributed by atoms with E-state index in [2.05, 4.69) is 16.5 Å². The van der Waals surface area contributed by atoms with Gasteiger partial charge in [0.1, 0.15) is 5.65 Å². The molecule has 0 saturated heterocycles. The molecule has 0 spiro atoms. The van der Waals surface area contributed by atoms with Crippen molar-refractivity contribution in [2.75, 3.05) is 0 Å². The molecule has 5 heteroatoms. The molecule has 0 aliphatic heterocycles. The number of aromatic amines is 1. The molecule has 3 aromatic rings. The minimum atomic E-state index is -0.940. The standard InChI is InChI=1S/C21H18N2O3/c1-15(7-5-3-2-4-6-8-20(24)25)17-11-18-19(16-9-10-26-14-16)13-23-21(18)22-12-17/h2-3,5-14H,1,4H2,(H,22,23)(H,24,25)/b3-2-,7-5-,8-6+. The van der Waals surface area contributed by atoms with Crippen LogP contribution in [-0.4, -0.2) is 21.0 Å². The van der Waals surface area contributed by atoms with Crippen LogP contribution < -0.4 is 0 Å². The van der Waals surface area contributed by atoms with Crippen LogP contribution in [0.4, 0.5) is 0 Å². The van der Waals surface area contributed by atoms with E-state index in [1.165, 1.54) is 0 Å². The second kappa shape index (κ2) is 7.98. The Morgan fingerprint density at radius 3 is 2.96 bits per heavy atom. The first-order valence-corrected chi connectivity index (χ1v) is 8.07. The van der Waals surface area contributed by atoms with Gasteiger partial charge in [-0.3, -0.25) is 0 Å². The summed E-state index contributed by atoms with van der Waals surface area (Å²) in [5.41, 5.74) is 4.60. The van der Waals surface area contributed by atoms with E-state index in [-0.39, 0.29) is 0 Å². The smallest absolute Gasteiger partial charge is 0.327 e. The molecular weight excluding hydrogens is 328 g/mol. The molecule has 0 bridgehead atoms. The minimum Gasteiger partial charge on any atom is -0.478 e. The number of allylic oxidation sites excluding steroid dienone is 6.